The van der Waals surface area contributed by atoms with Gasteiger partial charge in [-0.15, -0.1) is 0 Å². The Kier molecular flexibility index (Phi) is 4.37. The normalized spacial score (nSPS) is 10.7. The molecule has 0 aliphatic carbocycles. The average molecular weight is 236 g/mol. The molecule has 1 aromatic rings. The molecular weight excluding hydrogens is 216 g/mol. The van der Waals surface area contributed by atoms with Crippen molar-refractivity contribution in [3.63, 3.8) is 0 Å². The summed E-state index contributed by atoms with van der Waals surface area (Å²) in [7, 11) is 0. The smallest absolute Gasteiger partial charge is 0.225 e. The van der Waals surface area contributed by atoms with Crippen LogP contribution >= 0.6 is 0 Å². The summed E-state index contributed by atoms with van der Waals surface area (Å²) in [5.74, 6) is 0.808. The van der Waals surface area contributed by atoms with E-state index in [1.54, 1.807) is 0 Å². The summed E-state index contributed by atoms with van der Waals surface area (Å²) in [6, 6.07) is 3.70. The van der Waals surface area contributed by atoms with Crippen molar-refractivity contribution < 1.29 is 9.90 Å². The number of rotatable bonds is 5. The molecule has 17 heavy (non-hydrogen) atoms. The molecule has 1 amide bonds. The molecule has 0 radical (unpaired) electrons. The highest BCUT2D eigenvalue weighted by Crippen LogP contribution is 2.36. The van der Waals surface area contributed by atoms with E-state index in [1.807, 2.05) is 39.8 Å². The van der Waals surface area contributed by atoms with Crippen molar-refractivity contribution in [2.24, 2.45) is 0 Å². The Bertz CT molecular complexity index is 371. The van der Waals surface area contributed by atoms with E-state index < -0.39 is 0 Å². The topological polar surface area (TPSA) is 61.4 Å². The number of hydrogen-bond acceptors (Lipinski definition) is 3. The van der Waals surface area contributed by atoms with Crippen LogP contribution < -0.4 is 10.9 Å². The number of amides is 1. The number of carbonyl (C=O) groups is 1. The minimum absolute atomic E-state index is 0.227. The number of phenolic OH excluding ortho intramolecular Hbond substituents is 1. The molecule has 1 aromatic carbocycles. The molecule has 3 N–H and O–H groups in total. The number of anilines is 1. The number of hydrogen-bond donors (Lipinski definition) is 3. The summed E-state index contributed by atoms with van der Waals surface area (Å²) in [5.41, 5.74) is 7.73. The minimum Gasteiger partial charge on any atom is -0.507 e. The van der Waals surface area contributed by atoms with Crippen LogP contribution in [-0.4, -0.2) is 11.5 Å². The third kappa shape index (κ3) is 3.12. The van der Waals surface area contributed by atoms with E-state index in [4.69, 9.17) is 0 Å². The van der Waals surface area contributed by atoms with Crippen molar-refractivity contribution >= 4 is 12.1 Å². The van der Waals surface area contributed by atoms with Gasteiger partial charge in [0.05, 0.1) is 5.69 Å². The maximum absolute atomic E-state index is 10.3. The number of aromatic hydroxyl groups is 1. The van der Waals surface area contributed by atoms with Crippen LogP contribution in [0.2, 0.25) is 0 Å². The van der Waals surface area contributed by atoms with Crippen LogP contribution in [0.15, 0.2) is 12.1 Å². The minimum atomic E-state index is 0.227. The van der Waals surface area contributed by atoms with Crippen molar-refractivity contribution in [1.82, 2.24) is 5.43 Å². The van der Waals surface area contributed by atoms with Gasteiger partial charge < -0.3 is 5.11 Å². The lowest BCUT2D eigenvalue weighted by Gasteiger charge is -2.17. The summed E-state index contributed by atoms with van der Waals surface area (Å²) < 4.78 is 0. The maximum Gasteiger partial charge on any atom is 0.225 e. The Morgan fingerprint density at radius 3 is 1.94 bits per heavy atom. The van der Waals surface area contributed by atoms with Gasteiger partial charge in [0.1, 0.15) is 5.75 Å². The van der Waals surface area contributed by atoms with Crippen molar-refractivity contribution in [3.8, 4) is 5.75 Å². The molecule has 0 spiro atoms. The van der Waals surface area contributed by atoms with E-state index >= 15 is 0 Å². The van der Waals surface area contributed by atoms with Crippen molar-refractivity contribution in [3.05, 3.63) is 23.3 Å². The highest BCUT2D eigenvalue weighted by Gasteiger charge is 2.14. The lowest BCUT2D eigenvalue weighted by atomic mass is 9.93. The van der Waals surface area contributed by atoms with Gasteiger partial charge in [-0.05, 0) is 35.1 Å². The molecule has 0 unspecified atom stereocenters. The highest BCUT2D eigenvalue weighted by atomic mass is 16.3. The van der Waals surface area contributed by atoms with Crippen molar-refractivity contribution in [1.29, 1.82) is 0 Å². The standard InChI is InChI=1S/C13H20N2O2/c1-8(2)11-5-10(15-14-7-16)6-12(9(3)4)13(11)17/h5-9,15,17H,1-4H3,(H,14,16). The lowest BCUT2D eigenvalue weighted by Crippen LogP contribution is -2.19. The van der Waals surface area contributed by atoms with E-state index in [2.05, 4.69) is 10.9 Å². The second-order valence-electron chi connectivity index (χ2n) is 4.70. The van der Waals surface area contributed by atoms with Crippen LogP contribution in [-0.2, 0) is 4.79 Å². The van der Waals surface area contributed by atoms with Gasteiger partial charge in [0, 0.05) is 0 Å². The summed E-state index contributed by atoms with van der Waals surface area (Å²) in [5, 5.41) is 10.2. The molecule has 0 saturated heterocycles. The Labute approximate surface area is 102 Å². The van der Waals surface area contributed by atoms with Gasteiger partial charge in [0.25, 0.3) is 0 Å². The van der Waals surface area contributed by atoms with E-state index in [9.17, 15) is 9.90 Å². The van der Waals surface area contributed by atoms with E-state index in [0.717, 1.165) is 16.8 Å². The van der Waals surface area contributed by atoms with Gasteiger partial charge >= 0.3 is 0 Å². The zero-order chi connectivity index (χ0) is 13.0. The van der Waals surface area contributed by atoms with Gasteiger partial charge in [-0.25, -0.2) is 0 Å². The van der Waals surface area contributed by atoms with Gasteiger partial charge in [-0.2, -0.15) is 0 Å². The number of carbonyl (C=O) groups excluding carboxylic acids is 1. The SMILES string of the molecule is CC(C)c1cc(NNC=O)cc(C(C)C)c1O. The first-order chi connectivity index (χ1) is 7.97. The monoisotopic (exact) mass is 236 g/mol. The van der Waals surface area contributed by atoms with Gasteiger partial charge in [-0.3, -0.25) is 15.6 Å². The fraction of sp³-hybridized carbons (Fsp3) is 0.462. The predicted octanol–water partition coefficient (Wildman–Crippen LogP) is 2.71. The van der Waals surface area contributed by atoms with Crippen LogP contribution in [0, 0.1) is 0 Å². The molecule has 4 nitrogen and oxygen atoms in total. The summed E-state index contributed by atoms with van der Waals surface area (Å²) >= 11 is 0. The van der Waals surface area contributed by atoms with Crippen molar-refractivity contribution in [2.75, 3.05) is 5.43 Å². The molecule has 1 rings (SSSR count). The quantitative estimate of drug-likeness (QED) is 0.418. The van der Waals surface area contributed by atoms with Gasteiger partial charge in [-0.1, -0.05) is 27.7 Å². The molecule has 0 bridgehead atoms. The fourth-order valence-corrected chi connectivity index (χ4v) is 1.75. The zero-order valence-electron chi connectivity index (χ0n) is 10.7. The molecule has 0 aliphatic rings. The molecular formula is C13H20N2O2. The summed E-state index contributed by atoms with van der Waals surface area (Å²) in [6.07, 6.45) is 0.580. The van der Waals surface area contributed by atoms with Crippen LogP contribution in [0.3, 0.4) is 0 Å². The molecule has 0 heterocycles. The zero-order valence-corrected chi connectivity index (χ0v) is 10.7. The second kappa shape index (κ2) is 5.57. The number of benzene rings is 1. The first kappa shape index (κ1) is 13.4. The van der Waals surface area contributed by atoms with E-state index in [1.165, 1.54) is 0 Å². The first-order valence-electron chi connectivity index (χ1n) is 5.79. The highest BCUT2D eigenvalue weighted by molar-refractivity contribution is 5.59. The molecule has 94 valence electrons. The Morgan fingerprint density at radius 1 is 1.12 bits per heavy atom. The number of hydrazine groups is 1. The molecule has 0 aliphatic heterocycles. The molecule has 4 heteroatoms. The molecule has 0 saturated carbocycles. The predicted molar refractivity (Wildman–Crippen MR) is 69.1 cm³/mol. The molecule has 0 aromatic heterocycles. The average Bonchev–Trinajstić information content (AvgIpc) is 2.26. The van der Waals surface area contributed by atoms with E-state index in [-0.39, 0.29) is 11.8 Å². The molecule has 0 fully saturated rings. The summed E-state index contributed by atoms with van der Waals surface area (Å²) in [6.45, 7) is 8.10. The fourth-order valence-electron chi connectivity index (χ4n) is 1.75. The van der Waals surface area contributed by atoms with Crippen LogP contribution in [0.5, 0.6) is 5.75 Å². The van der Waals surface area contributed by atoms with Crippen LogP contribution in [0.25, 0.3) is 0 Å². The van der Waals surface area contributed by atoms with Gasteiger partial charge in [0.2, 0.25) is 6.41 Å². The van der Waals surface area contributed by atoms with E-state index in [0.29, 0.717) is 12.2 Å². The first-order valence-corrected chi connectivity index (χ1v) is 5.79. The Hall–Kier alpha value is -1.71. The van der Waals surface area contributed by atoms with Crippen LogP contribution in [0.1, 0.15) is 50.7 Å². The molecule has 0 atom stereocenters. The number of nitrogens with one attached hydrogen (secondary N) is 2. The third-order valence-corrected chi connectivity index (χ3v) is 2.69. The second-order valence-corrected chi connectivity index (χ2v) is 4.70. The van der Waals surface area contributed by atoms with Gasteiger partial charge in [0.15, 0.2) is 0 Å². The Balaban J connectivity index is 3.21. The van der Waals surface area contributed by atoms with Crippen LogP contribution in [0.4, 0.5) is 5.69 Å². The van der Waals surface area contributed by atoms with Crippen molar-refractivity contribution in [2.45, 2.75) is 39.5 Å². The number of phenols is 1. The largest absolute Gasteiger partial charge is 0.507 e. The lowest BCUT2D eigenvalue weighted by molar-refractivity contribution is -0.109. The Morgan fingerprint density at radius 2 is 1.59 bits per heavy atom. The third-order valence-electron chi connectivity index (χ3n) is 2.69. The maximum atomic E-state index is 10.3. The summed E-state index contributed by atoms with van der Waals surface area (Å²) in [4.78, 5) is 10.3.